The molecule has 6 heteroatoms. The third-order valence-electron chi connectivity index (χ3n) is 3.22. The second-order valence-electron chi connectivity index (χ2n) is 4.56. The predicted octanol–water partition coefficient (Wildman–Crippen LogP) is 2.53. The van der Waals surface area contributed by atoms with Gasteiger partial charge in [-0.25, -0.2) is 4.39 Å². The molecule has 0 radical (unpaired) electrons. The number of aliphatic carboxylic acids is 1. The normalized spacial score (nSPS) is 19.3. The molecular weight excluding hydrogens is 317 g/mol. The van der Waals surface area contributed by atoms with Crippen LogP contribution in [0.5, 0.6) is 0 Å². The van der Waals surface area contributed by atoms with Crippen LogP contribution >= 0.6 is 15.9 Å². The maximum absolute atomic E-state index is 13.4. The molecule has 0 aromatic heterocycles. The summed E-state index contributed by atoms with van der Waals surface area (Å²) in [6.45, 7) is 0.701. The van der Waals surface area contributed by atoms with Crippen molar-refractivity contribution in [2.75, 3.05) is 13.1 Å². The average Bonchev–Trinajstić information content (AvgIpc) is 2.41. The first-order valence-electron chi connectivity index (χ1n) is 5.96. The summed E-state index contributed by atoms with van der Waals surface area (Å²) in [4.78, 5) is 24.6. The van der Waals surface area contributed by atoms with Crippen LogP contribution in [0, 0.1) is 11.7 Å². The Kier molecular flexibility index (Phi) is 4.19. The molecule has 4 nitrogen and oxygen atoms in total. The molecule has 1 aromatic carbocycles. The SMILES string of the molecule is O=C(O)[C@H]1CCCN(C(=O)c2ccc(Br)c(F)c2)C1. The number of carbonyl (C=O) groups is 2. The zero-order valence-electron chi connectivity index (χ0n) is 10.1. The van der Waals surface area contributed by atoms with E-state index in [4.69, 9.17) is 5.11 Å². The van der Waals surface area contributed by atoms with Crippen LogP contribution in [0.2, 0.25) is 0 Å². The predicted molar refractivity (Wildman–Crippen MR) is 70.4 cm³/mol. The van der Waals surface area contributed by atoms with Gasteiger partial charge < -0.3 is 10.0 Å². The van der Waals surface area contributed by atoms with E-state index in [1.54, 1.807) is 0 Å². The van der Waals surface area contributed by atoms with E-state index in [9.17, 15) is 14.0 Å². The number of hydrogen-bond acceptors (Lipinski definition) is 2. The molecule has 1 aliphatic rings. The van der Waals surface area contributed by atoms with E-state index in [1.807, 2.05) is 0 Å². The zero-order valence-corrected chi connectivity index (χ0v) is 11.7. The Morgan fingerprint density at radius 3 is 2.79 bits per heavy atom. The summed E-state index contributed by atoms with van der Waals surface area (Å²) in [6.07, 6.45) is 1.23. The monoisotopic (exact) mass is 329 g/mol. The third-order valence-corrected chi connectivity index (χ3v) is 3.87. The molecule has 1 amide bonds. The largest absolute Gasteiger partial charge is 0.481 e. The van der Waals surface area contributed by atoms with Gasteiger partial charge in [-0.1, -0.05) is 0 Å². The van der Waals surface area contributed by atoms with Gasteiger partial charge >= 0.3 is 5.97 Å². The maximum atomic E-state index is 13.4. The molecule has 2 rings (SSSR count). The minimum Gasteiger partial charge on any atom is -0.481 e. The van der Waals surface area contributed by atoms with Crippen molar-refractivity contribution in [3.63, 3.8) is 0 Å². The Balaban J connectivity index is 2.14. The lowest BCUT2D eigenvalue weighted by Gasteiger charge is -2.30. The van der Waals surface area contributed by atoms with Crippen molar-refractivity contribution >= 4 is 27.8 Å². The van der Waals surface area contributed by atoms with Crippen LogP contribution in [0.15, 0.2) is 22.7 Å². The van der Waals surface area contributed by atoms with Crippen LogP contribution in [-0.2, 0) is 4.79 Å². The Morgan fingerprint density at radius 2 is 2.16 bits per heavy atom. The molecule has 1 aromatic rings. The summed E-state index contributed by atoms with van der Waals surface area (Å²) in [5.41, 5.74) is 0.242. The molecule has 19 heavy (non-hydrogen) atoms. The number of rotatable bonds is 2. The van der Waals surface area contributed by atoms with Crippen LogP contribution in [0.25, 0.3) is 0 Å². The van der Waals surface area contributed by atoms with Crippen LogP contribution in [0.1, 0.15) is 23.2 Å². The number of nitrogens with zero attached hydrogens (tertiary/aromatic N) is 1. The summed E-state index contributed by atoms with van der Waals surface area (Å²) in [5.74, 6) is -2.24. The van der Waals surface area contributed by atoms with Crippen LogP contribution < -0.4 is 0 Å². The molecule has 1 fully saturated rings. The second kappa shape index (κ2) is 5.69. The number of carboxylic acids is 1. The van der Waals surface area contributed by atoms with Gasteiger partial charge in [0.25, 0.3) is 5.91 Å². The van der Waals surface area contributed by atoms with E-state index in [-0.39, 0.29) is 18.0 Å². The number of hydrogen-bond donors (Lipinski definition) is 1. The van der Waals surface area contributed by atoms with Gasteiger partial charge in [-0.15, -0.1) is 0 Å². The lowest BCUT2D eigenvalue weighted by Crippen LogP contribution is -2.42. The number of carbonyl (C=O) groups excluding carboxylic acids is 1. The highest BCUT2D eigenvalue weighted by Gasteiger charge is 2.28. The first kappa shape index (κ1) is 14.0. The molecule has 102 valence electrons. The maximum Gasteiger partial charge on any atom is 0.308 e. The van der Waals surface area contributed by atoms with Gasteiger partial charge in [0.1, 0.15) is 5.82 Å². The second-order valence-corrected chi connectivity index (χ2v) is 5.41. The minimum atomic E-state index is -0.889. The quantitative estimate of drug-likeness (QED) is 0.907. The van der Waals surface area contributed by atoms with Crippen LogP contribution in [0.3, 0.4) is 0 Å². The van der Waals surface area contributed by atoms with Crippen molar-refractivity contribution < 1.29 is 19.1 Å². The smallest absolute Gasteiger partial charge is 0.308 e. The lowest BCUT2D eigenvalue weighted by molar-refractivity contribution is -0.143. The van der Waals surface area contributed by atoms with Crippen molar-refractivity contribution in [1.82, 2.24) is 4.90 Å². The fourth-order valence-electron chi connectivity index (χ4n) is 2.17. The number of likely N-dealkylation sites (tertiary alicyclic amines) is 1. The molecular formula is C13H13BrFNO3. The van der Waals surface area contributed by atoms with E-state index in [0.29, 0.717) is 23.9 Å². The van der Waals surface area contributed by atoms with Gasteiger partial charge in [0.05, 0.1) is 10.4 Å². The highest BCUT2D eigenvalue weighted by molar-refractivity contribution is 9.10. The van der Waals surface area contributed by atoms with E-state index in [2.05, 4.69) is 15.9 Å². The minimum absolute atomic E-state index is 0.186. The molecule has 0 spiro atoms. The summed E-state index contributed by atoms with van der Waals surface area (Å²) >= 11 is 3.03. The van der Waals surface area contributed by atoms with Crippen LogP contribution in [0.4, 0.5) is 4.39 Å². The molecule has 1 atom stereocenters. The Hall–Kier alpha value is -1.43. The molecule has 1 heterocycles. The topological polar surface area (TPSA) is 57.6 Å². The lowest BCUT2D eigenvalue weighted by atomic mass is 9.97. The van der Waals surface area contributed by atoms with E-state index < -0.39 is 17.7 Å². The number of piperidine rings is 1. The highest BCUT2D eigenvalue weighted by atomic mass is 79.9. The van der Waals surface area contributed by atoms with E-state index in [0.717, 1.165) is 6.07 Å². The molecule has 0 aliphatic carbocycles. The summed E-state index contributed by atoms with van der Waals surface area (Å²) in [7, 11) is 0. The van der Waals surface area contributed by atoms with Gasteiger partial charge in [0, 0.05) is 18.7 Å². The van der Waals surface area contributed by atoms with Crippen molar-refractivity contribution in [3.8, 4) is 0 Å². The number of carboxylic acid groups (broad SMARTS) is 1. The number of amides is 1. The Morgan fingerprint density at radius 1 is 1.42 bits per heavy atom. The molecule has 0 saturated carbocycles. The average molecular weight is 330 g/mol. The Bertz CT molecular complexity index is 521. The van der Waals surface area contributed by atoms with Crippen molar-refractivity contribution in [2.24, 2.45) is 5.92 Å². The standard InChI is InChI=1S/C13H13BrFNO3/c14-10-4-3-8(6-11(10)15)12(17)16-5-1-2-9(7-16)13(18)19/h3-4,6,9H,1-2,5,7H2,(H,18,19)/t9-/m0/s1. The molecule has 1 aliphatic heterocycles. The number of halogens is 2. The molecule has 0 bridgehead atoms. The summed E-state index contributed by atoms with van der Waals surface area (Å²) in [6, 6.07) is 4.16. The third kappa shape index (κ3) is 3.12. The number of benzene rings is 1. The fourth-order valence-corrected chi connectivity index (χ4v) is 2.42. The summed E-state index contributed by atoms with van der Waals surface area (Å²) in [5, 5.41) is 8.98. The highest BCUT2D eigenvalue weighted by Crippen LogP contribution is 2.21. The first-order valence-corrected chi connectivity index (χ1v) is 6.75. The van der Waals surface area contributed by atoms with Gasteiger partial charge in [0.15, 0.2) is 0 Å². The Labute approximate surface area is 118 Å². The first-order chi connectivity index (χ1) is 8.99. The van der Waals surface area contributed by atoms with Gasteiger partial charge in [-0.05, 0) is 47.0 Å². The molecule has 1 N–H and O–H groups in total. The van der Waals surface area contributed by atoms with E-state index >= 15 is 0 Å². The van der Waals surface area contributed by atoms with Crippen molar-refractivity contribution in [3.05, 3.63) is 34.1 Å². The zero-order chi connectivity index (χ0) is 14.0. The summed E-state index contributed by atoms with van der Waals surface area (Å²) < 4.78 is 13.7. The molecule has 1 saturated heterocycles. The van der Waals surface area contributed by atoms with Crippen molar-refractivity contribution in [1.29, 1.82) is 0 Å². The fraction of sp³-hybridized carbons (Fsp3) is 0.385. The van der Waals surface area contributed by atoms with Gasteiger partial charge in [0.2, 0.25) is 0 Å². The van der Waals surface area contributed by atoms with Gasteiger partial charge in [-0.2, -0.15) is 0 Å². The van der Waals surface area contributed by atoms with Gasteiger partial charge in [-0.3, -0.25) is 9.59 Å². The van der Waals surface area contributed by atoms with Crippen LogP contribution in [-0.4, -0.2) is 35.0 Å². The molecule has 0 unspecified atom stereocenters. The van der Waals surface area contributed by atoms with Crippen molar-refractivity contribution in [2.45, 2.75) is 12.8 Å². The van der Waals surface area contributed by atoms with E-state index in [1.165, 1.54) is 17.0 Å².